The molecule has 1 aromatic heterocycles. The van der Waals surface area contributed by atoms with Crippen LogP contribution in [0.2, 0.25) is 0 Å². The number of aryl methyl sites for hydroxylation is 1. The molecule has 6 heteroatoms. The number of rotatable bonds is 6. The van der Waals surface area contributed by atoms with Gasteiger partial charge in [-0.3, -0.25) is 5.10 Å². The van der Waals surface area contributed by atoms with Crippen molar-refractivity contribution in [2.45, 2.75) is 33.4 Å². The molecule has 23 heavy (non-hydrogen) atoms. The fraction of sp³-hybridized carbons (Fsp3) is 0.412. The molecule has 1 heterocycles. The summed E-state index contributed by atoms with van der Waals surface area (Å²) < 4.78 is 0. The van der Waals surface area contributed by atoms with Crippen LogP contribution in [0.1, 0.15) is 30.7 Å². The third kappa shape index (κ3) is 6.21. The van der Waals surface area contributed by atoms with Crippen LogP contribution in [0, 0.1) is 0 Å². The average molecular weight is 427 g/mol. The first-order valence-electron chi connectivity index (χ1n) is 7.78. The predicted octanol–water partition coefficient (Wildman–Crippen LogP) is 3.19. The van der Waals surface area contributed by atoms with Crippen molar-refractivity contribution in [3.8, 4) is 0 Å². The van der Waals surface area contributed by atoms with Crippen LogP contribution in [0.15, 0.2) is 41.5 Å². The molecule has 0 spiro atoms. The normalized spacial score (nSPS) is 11.0. The van der Waals surface area contributed by atoms with E-state index in [-0.39, 0.29) is 24.0 Å². The van der Waals surface area contributed by atoms with Crippen LogP contribution in [0.3, 0.4) is 0 Å². The number of aliphatic imine (C=N–C) groups is 1. The molecular weight excluding hydrogens is 401 g/mol. The average Bonchev–Trinajstić information content (AvgIpc) is 3.05. The third-order valence-corrected chi connectivity index (χ3v) is 3.51. The van der Waals surface area contributed by atoms with Gasteiger partial charge in [0.05, 0.1) is 12.2 Å². The minimum Gasteiger partial charge on any atom is -0.357 e. The maximum absolute atomic E-state index is 4.65. The Morgan fingerprint density at radius 2 is 1.87 bits per heavy atom. The fourth-order valence-corrected chi connectivity index (χ4v) is 2.23. The highest BCUT2D eigenvalue weighted by atomic mass is 127. The van der Waals surface area contributed by atoms with Gasteiger partial charge in [0.1, 0.15) is 0 Å². The molecule has 0 aliphatic heterocycles. The van der Waals surface area contributed by atoms with Crippen molar-refractivity contribution >= 4 is 29.9 Å². The van der Waals surface area contributed by atoms with E-state index in [4.69, 9.17) is 0 Å². The Bertz CT molecular complexity index is 578. The van der Waals surface area contributed by atoms with Gasteiger partial charge in [-0.1, -0.05) is 31.2 Å². The minimum atomic E-state index is 0. The second-order valence-electron chi connectivity index (χ2n) is 5.28. The van der Waals surface area contributed by atoms with Crippen LogP contribution in [0.5, 0.6) is 0 Å². The van der Waals surface area contributed by atoms with E-state index in [2.05, 4.69) is 70.6 Å². The molecule has 126 valence electrons. The van der Waals surface area contributed by atoms with E-state index < -0.39 is 0 Å². The second kappa shape index (κ2) is 10.3. The molecule has 0 atom stereocenters. The third-order valence-electron chi connectivity index (χ3n) is 3.51. The van der Waals surface area contributed by atoms with E-state index >= 15 is 0 Å². The number of aromatic amines is 1. The highest BCUT2D eigenvalue weighted by molar-refractivity contribution is 14.0. The standard InChI is InChI=1S/C17H25N5.HI/c1-4-14-6-8-15(9-7-14)13-22(3)17(18-5-2)19-12-16-10-11-20-21-16;/h6-11H,4-5,12-13H2,1-3H3,(H,18,19)(H,20,21);1H. The molecule has 2 aromatic rings. The van der Waals surface area contributed by atoms with Gasteiger partial charge in [0.2, 0.25) is 0 Å². The minimum absolute atomic E-state index is 0. The number of halogens is 1. The summed E-state index contributed by atoms with van der Waals surface area (Å²) in [6.07, 6.45) is 2.82. The Balaban J connectivity index is 0.00000264. The molecule has 2 rings (SSSR count). The van der Waals surface area contributed by atoms with Gasteiger partial charge in [-0.15, -0.1) is 24.0 Å². The van der Waals surface area contributed by atoms with Crippen LogP contribution in [0.25, 0.3) is 0 Å². The molecule has 1 aromatic carbocycles. The second-order valence-corrected chi connectivity index (χ2v) is 5.28. The lowest BCUT2D eigenvalue weighted by molar-refractivity contribution is 0.476. The Morgan fingerprint density at radius 1 is 1.17 bits per heavy atom. The van der Waals surface area contributed by atoms with Crippen molar-refractivity contribution in [1.82, 2.24) is 20.4 Å². The fourth-order valence-electron chi connectivity index (χ4n) is 2.23. The van der Waals surface area contributed by atoms with E-state index in [1.165, 1.54) is 11.1 Å². The summed E-state index contributed by atoms with van der Waals surface area (Å²) in [6.45, 7) is 6.53. The molecule has 0 aliphatic rings. The number of aromatic nitrogens is 2. The first kappa shape index (κ1) is 19.5. The van der Waals surface area contributed by atoms with Gasteiger partial charge in [0, 0.05) is 26.3 Å². The smallest absolute Gasteiger partial charge is 0.194 e. The maximum Gasteiger partial charge on any atom is 0.194 e. The number of nitrogens with one attached hydrogen (secondary N) is 2. The lowest BCUT2D eigenvalue weighted by Gasteiger charge is -2.22. The highest BCUT2D eigenvalue weighted by Gasteiger charge is 2.06. The van der Waals surface area contributed by atoms with E-state index in [0.29, 0.717) is 6.54 Å². The number of hydrogen-bond donors (Lipinski definition) is 2. The summed E-state index contributed by atoms with van der Waals surface area (Å²) in [6, 6.07) is 10.7. The highest BCUT2D eigenvalue weighted by Crippen LogP contribution is 2.08. The van der Waals surface area contributed by atoms with Crippen LogP contribution in [0.4, 0.5) is 0 Å². The van der Waals surface area contributed by atoms with Gasteiger partial charge < -0.3 is 10.2 Å². The summed E-state index contributed by atoms with van der Waals surface area (Å²) in [5.74, 6) is 0.900. The van der Waals surface area contributed by atoms with Crippen molar-refractivity contribution < 1.29 is 0 Å². The van der Waals surface area contributed by atoms with Gasteiger partial charge in [0.15, 0.2) is 5.96 Å². The van der Waals surface area contributed by atoms with E-state index in [1.807, 2.05) is 6.07 Å². The monoisotopic (exact) mass is 427 g/mol. The Hall–Kier alpha value is -1.57. The lowest BCUT2D eigenvalue weighted by Crippen LogP contribution is -2.38. The number of hydrogen-bond acceptors (Lipinski definition) is 2. The van der Waals surface area contributed by atoms with E-state index in [0.717, 1.165) is 31.2 Å². The van der Waals surface area contributed by atoms with Gasteiger partial charge in [-0.25, -0.2) is 4.99 Å². The zero-order valence-corrected chi connectivity index (χ0v) is 16.4. The molecule has 0 bridgehead atoms. The quantitative estimate of drug-likeness (QED) is 0.423. The van der Waals surface area contributed by atoms with Gasteiger partial charge in [-0.2, -0.15) is 5.10 Å². The van der Waals surface area contributed by atoms with Crippen molar-refractivity contribution in [2.24, 2.45) is 4.99 Å². The lowest BCUT2D eigenvalue weighted by atomic mass is 10.1. The molecule has 5 nitrogen and oxygen atoms in total. The molecule has 0 fully saturated rings. The predicted molar refractivity (Wildman–Crippen MR) is 106 cm³/mol. The summed E-state index contributed by atoms with van der Waals surface area (Å²) in [7, 11) is 2.06. The molecular formula is C17H26IN5. The first-order valence-corrected chi connectivity index (χ1v) is 7.78. The zero-order chi connectivity index (χ0) is 15.8. The van der Waals surface area contributed by atoms with Crippen molar-refractivity contribution in [1.29, 1.82) is 0 Å². The molecule has 2 N–H and O–H groups in total. The Labute approximate surface area is 155 Å². The molecule has 0 radical (unpaired) electrons. The maximum atomic E-state index is 4.65. The number of H-pyrrole nitrogens is 1. The van der Waals surface area contributed by atoms with Crippen molar-refractivity contribution in [3.05, 3.63) is 53.3 Å². The zero-order valence-electron chi connectivity index (χ0n) is 14.0. The molecule has 0 saturated carbocycles. The number of guanidine groups is 1. The van der Waals surface area contributed by atoms with Crippen molar-refractivity contribution in [2.75, 3.05) is 13.6 Å². The Kier molecular flexibility index (Phi) is 8.68. The summed E-state index contributed by atoms with van der Waals surface area (Å²) in [5.41, 5.74) is 3.66. The van der Waals surface area contributed by atoms with Gasteiger partial charge >= 0.3 is 0 Å². The number of benzene rings is 1. The SMILES string of the molecule is CCNC(=NCc1ccn[nH]1)N(C)Cc1ccc(CC)cc1.I. The summed E-state index contributed by atoms with van der Waals surface area (Å²) in [5, 5.41) is 10.2. The summed E-state index contributed by atoms with van der Waals surface area (Å²) in [4.78, 5) is 6.79. The Morgan fingerprint density at radius 3 is 2.43 bits per heavy atom. The topological polar surface area (TPSA) is 56.3 Å². The van der Waals surface area contributed by atoms with Crippen molar-refractivity contribution in [3.63, 3.8) is 0 Å². The molecule has 0 aliphatic carbocycles. The van der Waals surface area contributed by atoms with Gasteiger partial charge in [0.25, 0.3) is 0 Å². The van der Waals surface area contributed by atoms with E-state index in [9.17, 15) is 0 Å². The summed E-state index contributed by atoms with van der Waals surface area (Å²) >= 11 is 0. The number of nitrogens with zero attached hydrogens (tertiary/aromatic N) is 3. The van der Waals surface area contributed by atoms with Crippen LogP contribution < -0.4 is 5.32 Å². The van der Waals surface area contributed by atoms with Crippen LogP contribution >= 0.6 is 24.0 Å². The molecule has 0 saturated heterocycles. The van der Waals surface area contributed by atoms with Crippen LogP contribution in [-0.4, -0.2) is 34.6 Å². The first-order chi connectivity index (χ1) is 10.7. The van der Waals surface area contributed by atoms with Gasteiger partial charge in [-0.05, 0) is 30.5 Å². The molecule has 0 amide bonds. The van der Waals surface area contributed by atoms with Crippen LogP contribution in [-0.2, 0) is 19.5 Å². The molecule has 0 unspecified atom stereocenters. The van der Waals surface area contributed by atoms with E-state index in [1.54, 1.807) is 6.20 Å². The largest absolute Gasteiger partial charge is 0.357 e.